The summed E-state index contributed by atoms with van der Waals surface area (Å²) in [4.78, 5) is 13.5. The zero-order valence-electron chi connectivity index (χ0n) is 10.1. The number of hydrogen-bond acceptors (Lipinski definition) is 5. The van der Waals surface area contributed by atoms with Gasteiger partial charge in [-0.3, -0.25) is 4.79 Å². The lowest BCUT2D eigenvalue weighted by molar-refractivity contribution is 0.0718. The fraction of sp³-hybridized carbons (Fsp3) is 0.700. The molecule has 1 atom stereocenters. The molecule has 0 bridgehead atoms. The van der Waals surface area contributed by atoms with Gasteiger partial charge in [-0.2, -0.15) is 0 Å². The molecule has 0 fully saturated rings. The topological polar surface area (TPSA) is 85.2 Å². The standard InChI is InChI=1S/C10H18N4O2/c1-6(2)5-7(3)14(4)10(15)8-9(11)13-16-12-8/h6-7H,5H2,1-4H3,(H2,11,13). The Bertz CT molecular complexity index is 361. The van der Waals surface area contributed by atoms with E-state index in [0.29, 0.717) is 5.92 Å². The average Bonchev–Trinajstić information content (AvgIpc) is 2.61. The molecule has 1 aromatic rings. The highest BCUT2D eigenvalue weighted by Gasteiger charge is 2.23. The summed E-state index contributed by atoms with van der Waals surface area (Å²) in [5.74, 6) is 0.304. The maximum absolute atomic E-state index is 11.9. The molecule has 90 valence electrons. The smallest absolute Gasteiger partial charge is 0.280 e. The average molecular weight is 226 g/mol. The highest BCUT2D eigenvalue weighted by molar-refractivity contribution is 5.96. The number of rotatable bonds is 4. The third-order valence-electron chi connectivity index (χ3n) is 2.51. The number of carbonyl (C=O) groups excluding carboxylic acids is 1. The summed E-state index contributed by atoms with van der Waals surface area (Å²) in [5, 5.41) is 6.88. The fourth-order valence-corrected chi connectivity index (χ4v) is 1.55. The van der Waals surface area contributed by atoms with E-state index in [1.165, 1.54) is 0 Å². The van der Waals surface area contributed by atoms with Crippen molar-refractivity contribution in [3.63, 3.8) is 0 Å². The number of nitrogens with two attached hydrogens (primary N) is 1. The molecule has 0 aliphatic heterocycles. The zero-order valence-corrected chi connectivity index (χ0v) is 10.1. The summed E-state index contributed by atoms with van der Waals surface area (Å²) in [5.41, 5.74) is 5.55. The molecule has 0 radical (unpaired) electrons. The predicted octanol–water partition coefficient (Wildman–Crippen LogP) is 1.16. The number of anilines is 1. The van der Waals surface area contributed by atoms with E-state index in [-0.39, 0.29) is 23.5 Å². The van der Waals surface area contributed by atoms with Gasteiger partial charge in [0.25, 0.3) is 5.91 Å². The van der Waals surface area contributed by atoms with Gasteiger partial charge in [0.05, 0.1) is 0 Å². The molecular formula is C10H18N4O2. The molecule has 1 amide bonds. The quantitative estimate of drug-likeness (QED) is 0.832. The number of carbonyl (C=O) groups is 1. The lowest BCUT2D eigenvalue weighted by Gasteiger charge is -2.25. The molecule has 0 aliphatic rings. The predicted molar refractivity (Wildman–Crippen MR) is 59.7 cm³/mol. The summed E-state index contributed by atoms with van der Waals surface area (Å²) in [6.45, 7) is 6.21. The summed E-state index contributed by atoms with van der Waals surface area (Å²) in [6.07, 6.45) is 0.924. The van der Waals surface area contributed by atoms with E-state index in [9.17, 15) is 4.79 Å². The Kier molecular flexibility index (Phi) is 3.87. The van der Waals surface area contributed by atoms with Gasteiger partial charge >= 0.3 is 0 Å². The molecule has 2 N–H and O–H groups in total. The Hall–Kier alpha value is -1.59. The third kappa shape index (κ3) is 2.71. The van der Waals surface area contributed by atoms with E-state index < -0.39 is 0 Å². The number of nitrogen functional groups attached to an aromatic ring is 1. The fourth-order valence-electron chi connectivity index (χ4n) is 1.55. The number of nitrogens with zero attached hydrogens (tertiary/aromatic N) is 3. The number of hydrogen-bond donors (Lipinski definition) is 1. The molecular weight excluding hydrogens is 208 g/mol. The summed E-state index contributed by atoms with van der Waals surface area (Å²) >= 11 is 0. The van der Waals surface area contributed by atoms with Crippen LogP contribution in [-0.2, 0) is 0 Å². The van der Waals surface area contributed by atoms with Crippen molar-refractivity contribution < 1.29 is 9.42 Å². The largest absolute Gasteiger partial charge is 0.379 e. The van der Waals surface area contributed by atoms with Crippen LogP contribution in [0.5, 0.6) is 0 Å². The van der Waals surface area contributed by atoms with Gasteiger partial charge in [-0.15, -0.1) is 0 Å². The minimum Gasteiger partial charge on any atom is -0.379 e. The highest BCUT2D eigenvalue weighted by atomic mass is 16.6. The van der Waals surface area contributed by atoms with Crippen molar-refractivity contribution in [1.29, 1.82) is 0 Å². The van der Waals surface area contributed by atoms with Crippen molar-refractivity contribution in [2.75, 3.05) is 12.8 Å². The van der Waals surface area contributed by atoms with Crippen molar-refractivity contribution in [3.8, 4) is 0 Å². The first-order chi connectivity index (χ1) is 7.43. The minimum absolute atomic E-state index is 0.0357. The Morgan fingerprint density at radius 3 is 2.50 bits per heavy atom. The van der Waals surface area contributed by atoms with Gasteiger partial charge in [-0.05, 0) is 29.6 Å². The lowest BCUT2D eigenvalue weighted by Crippen LogP contribution is -2.36. The first kappa shape index (κ1) is 12.5. The lowest BCUT2D eigenvalue weighted by atomic mass is 10.0. The molecule has 6 nitrogen and oxygen atoms in total. The van der Waals surface area contributed by atoms with Crippen LogP contribution in [0.3, 0.4) is 0 Å². The molecule has 0 saturated heterocycles. The Balaban J connectivity index is 2.71. The van der Waals surface area contributed by atoms with Crippen molar-refractivity contribution >= 4 is 11.7 Å². The molecule has 1 aromatic heterocycles. The first-order valence-corrected chi connectivity index (χ1v) is 5.28. The second-order valence-electron chi connectivity index (χ2n) is 4.39. The Morgan fingerprint density at radius 2 is 2.06 bits per heavy atom. The van der Waals surface area contributed by atoms with Crippen LogP contribution in [0.25, 0.3) is 0 Å². The Morgan fingerprint density at radius 1 is 1.44 bits per heavy atom. The maximum atomic E-state index is 11.9. The minimum atomic E-state index is -0.257. The van der Waals surface area contributed by atoms with E-state index in [0.717, 1.165) is 6.42 Å². The van der Waals surface area contributed by atoms with Gasteiger partial charge in [-0.25, -0.2) is 4.63 Å². The van der Waals surface area contributed by atoms with Gasteiger partial charge in [-0.1, -0.05) is 13.8 Å². The van der Waals surface area contributed by atoms with E-state index >= 15 is 0 Å². The van der Waals surface area contributed by atoms with Crippen LogP contribution in [-0.4, -0.2) is 34.2 Å². The van der Waals surface area contributed by atoms with Gasteiger partial charge in [0.1, 0.15) is 0 Å². The van der Waals surface area contributed by atoms with Crippen LogP contribution in [0.1, 0.15) is 37.7 Å². The zero-order chi connectivity index (χ0) is 12.3. The van der Waals surface area contributed by atoms with Crippen LogP contribution in [0.4, 0.5) is 5.82 Å². The summed E-state index contributed by atoms with van der Waals surface area (Å²) < 4.78 is 4.40. The van der Waals surface area contributed by atoms with Crippen LogP contribution in [0.15, 0.2) is 4.63 Å². The first-order valence-electron chi connectivity index (χ1n) is 5.28. The van der Waals surface area contributed by atoms with Gasteiger partial charge in [0.15, 0.2) is 0 Å². The molecule has 0 saturated carbocycles. The molecule has 1 heterocycles. The summed E-state index contributed by atoms with van der Waals surface area (Å²) in [7, 11) is 1.73. The van der Waals surface area contributed by atoms with Crippen LogP contribution < -0.4 is 5.73 Å². The van der Waals surface area contributed by atoms with Crippen LogP contribution >= 0.6 is 0 Å². The van der Waals surface area contributed by atoms with Crippen molar-refractivity contribution in [2.45, 2.75) is 33.2 Å². The second-order valence-corrected chi connectivity index (χ2v) is 4.39. The van der Waals surface area contributed by atoms with Gasteiger partial charge in [0, 0.05) is 13.1 Å². The third-order valence-corrected chi connectivity index (χ3v) is 2.51. The van der Waals surface area contributed by atoms with Crippen molar-refractivity contribution in [2.24, 2.45) is 5.92 Å². The van der Waals surface area contributed by atoms with E-state index in [1.807, 2.05) is 6.92 Å². The molecule has 6 heteroatoms. The molecule has 0 aliphatic carbocycles. The maximum Gasteiger partial charge on any atom is 0.280 e. The van der Waals surface area contributed by atoms with Gasteiger partial charge < -0.3 is 10.6 Å². The normalized spacial score (nSPS) is 12.8. The molecule has 0 aromatic carbocycles. The van der Waals surface area contributed by atoms with Crippen molar-refractivity contribution in [1.82, 2.24) is 15.2 Å². The number of aromatic nitrogens is 2. The van der Waals surface area contributed by atoms with E-state index in [1.54, 1.807) is 11.9 Å². The monoisotopic (exact) mass is 226 g/mol. The number of amides is 1. The van der Waals surface area contributed by atoms with E-state index in [4.69, 9.17) is 5.73 Å². The molecule has 16 heavy (non-hydrogen) atoms. The SMILES string of the molecule is CC(C)CC(C)N(C)C(=O)c1nonc1N. The van der Waals surface area contributed by atoms with Crippen LogP contribution in [0.2, 0.25) is 0 Å². The van der Waals surface area contributed by atoms with Crippen LogP contribution in [0, 0.1) is 5.92 Å². The molecule has 0 spiro atoms. The van der Waals surface area contributed by atoms with Crippen molar-refractivity contribution in [3.05, 3.63) is 5.69 Å². The molecule has 1 unspecified atom stereocenters. The van der Waals surface area contributed by atoms with E-state index in [2.05, 4.69) is 28.8 Å². The highest BCUT2D eigenvalue weighted by Crippen LogP contribution is 2.14. The van der Waals surface area contributed by atoms with Gasteiger partial charge in [0.2, 0.25) is 11.5 Å². The molecule has 1 rings (SSSR count). The second kappa shape index (κ2) is 4.96. The Labute approximate surface area is 94.7 Å². The summed E-state index contributed by atoms with van der Waals surface area (Å²) in [6, 6.07) is 0.128.